The van der Waals surface area contributed by atoms with Crippen molar-refractivity contribution in [3.8, 4) is 0 Å². The second kappa shape index (κ2) is 7.96. The highest BCUT2D eigenvalue weighted by molar-refractivity contribution is 5.94. The van der Waals surface area contributed by atoms with Gasteiger partial charge in [0.05, 0.1) is 11.3 Å². The summed E-state index contributed by atoms with van der Waals surface area (Å²) >= 11 is 0. The van der Waals surface area contributed by atoms with Crippen LogP contribution < -0.4 is 10.6 Å². The molecule has 0 spiro atoms. The summed E-state index contributed by atoms with van der Waals surface area (Å²) in [7, 11) is 0. The van der Waals surface area contributed by atoms with E-state index in [0.717, 1.165) is 35.6 Å². The molecular weight excluding hydrogens is 318 g/mol. The van der Waals surface area contributed by atoms with Gasteiger partial charge in [0.15, 0.2) is 5.82 Å². The van der Waals surface area contributed by atoms with E-state index in [2.05, 4.69) is 15.6 Å². The topological polar surface area (TPSA) is 85.0 Å². The quantitative estimate of drug-likeness (QED) is 0.374. The number of aryl methyl sites for hydroxylation is 1. The number of nitrogens with zero attached hydrogens (tertiary/aromatic N) is 3. The summed E-state index contributed by atoms with van der Waals surface area (Å²) in [4.78, 5) is 14.4. The van der Waals surface area contributed by atoms with Gasteiger partial charge in [0, 0.05) is 36.6 Å². The van der Waals surface area contributed by atoms with Gasteiger partial charge in [-0.1, -0.05) is 36.4 Å². The summed E-state index contributed by atoms with van der Waals surface area (Å²) in [6.45, 7) is 1.41. The molecule has 0 aliphatic rings. The number of nitro groups is 1. The van der Waals surface area contributed by atoms with E-state index in [1.807, 2.05) is 53.2 Å². The molecule has 2 N–H and O–H groups in total. The van der Waals surface area contributed by atoms with Gasteiger partial charge in [-0.25, -0.2) is 4.98 Å². The minimum Gasteiger partial charge on any atom is -0.366 e. The molecule has 0 aliphatic heterocycles. The minimum atomic E-state index is -0.462. The number of rotatable bonds is 8. The van der Waals surface area contributed by atoms with Crippen molar-refractivity contribution in [1.29, 1.82) is 0 Å². The molecule has 0 fully saturated rings. The van der Waals surface area contributed by atoms with E-state index in [1.54, 1.807) is 12.5 Å². The Labute approximate surface area is 145 Å². The Hall–Kier alpha value is -3.35. The molecule has 0 saturated heterocycles. The molecule has 0 bridgehead atoms. The van der Waals surface area contributed by atoms with E-state index in [4.69, 9.17) is 0 Å². The maximum Gasteiger partial charge on any atom is 0.274 e. The third kappa shape index (κ3) is 4.57. The number of hydrogen-bond acceptors (Lipinski definition) is 5. The van der Waals surface area contributed by atoms with E-state index in [-0.39, 0.29) is 0 Å². The summed E-state index contributed by atoms with van der Waals surface area (Å²) in [5, 5.41) is 19.2. The van der Waals surface area contributed by atoms with Crippen LogP contribution >= 0.6 is 0 Å². The third-order valence-corrected chi connectivity index (χ3v) is 3.76. The van der Waals surface area contributed by atoms with Crippen LogP contribution in [0.4, 0.5) is 5.69 Å². The van der Waals surface area contributed by atoms with Crippen LogP contribution in [-0.2, 0) is 6.54 Å². The lowest BCUT2D eigenvalue weighted by atomic mass is 10.1. The summed E-state index contributed by atoms with van der Waals surface area (Å²) in [6.07, 6.45) is 7.15. The van der Waals surface area contributed by atoms with Gasteiger partial charge in [0.1, 0.15) is 0 Å². The number of aromatic nitrogens is 2. The molecule has 0 radical (unpaired) electrons. The standard InChI is InChI=1S/C18H19N5O2/c24-23(25)13-18(20-9-4-11-22-12-10-19-14-22)21-17-8-3-6-15-5-1-2-7-16(15)17/h1-3,5-8,10,12-14,20-21H,4,9,11H2/b18-13+. The highest BCUT2D eigenvalue weighted by Crippen LogP contribution is 2.23. The van der Waals surface area contributed by atoms with Gasteiger partial charge in [-0.3, -0.25) is 10.1 Å². The zero-order chi connectivity index (χ0) is 17.5. The summed E-state index contributed by atoms with van der Waals surface area (Å²) in [6, 6.07) is 13.8. The van der Waals surface area contributed by atoms with Crippen LogP contribution in [0.1, 0.15) is 6.42 Å². The van der Waals surface area contributed by atoms with Crippen molar-refractivity contribution < 1.29 is 4.92 Å². The Bertz CT molecular complexity index is 869. The number of benzene rings is 2. The molecule has 25 heavy (non-hydrogen) atoms. The van der Waals surface area contributed by atoms with E-state index in [9.17, 15) is 10.1 Å². The highest BCUT2D eigenvalue weighted by atomic mass is 16.6. The van der Waals surface area contributed by atoms with E-state index in [1.165, 1.54) is 0 Å². The first-order valence-electron chi connectivity index (χ1n) is 8.02. The highest BCUT2D eigenvalue weighted by Gasteiger charge is 2.06. The molecule has 3 rings (SSSR count). The third-order valence-electron chi connectivity index (χ3n) is 3.76. The van der Waals surface area contributed by atoms with Gasteiger partial charge in [-0.05, 0) is 17.9 Å². The van der Waals surface area contributed by atoms with Crippen LogP contribution in [0.25, 0.3) is 10.8 Å². The molecule has 3 aromatic rings. The van der Waals surface area contributed by atoms with Gasteiger partial charge in [-0.2, -0.15) is 0 Å². The van der Waals surface area contributed by atoms with Crippen molar-refractivity contribution in [2.24, 2.45) is 0 Å². The molecule has 0 unspecified atom stereocenters. The second-order valence-corrected chi connectivity index (χ2v) is 5.56. The lowest BCUT2D eigenvalue weighted by Gasteiger charge is -2.13. The van der Waals surface area contributed by atoms with Crippen LogP contribution in [0.15, 0.2) is 73.2 Å². The Balaban J connectivity index is 1.67. The van der Waals surface area contributed by atoms with Crippen molar-refractivity contribution in [3.63, 3.8) is 0 Å². The molecule has 1 aromatic heterocycles. The number of nitrogens with one attached hydrogen (secondary N) is 2. The number of imidazole rings is 1. The second-order valence-electron chi connectivity index (χ2n) is 5.56. The number of hydrogen-bond donors (Lipinski definition) is 2. The summed E-state index contributed by atoms with van der Waals surface area (Å²) < 4.78 is 1.97. The van der Waals surface area contributed by atoms with Gasteiger partial charge >= 0.3 is 0 Å². The molecule has 0 aliphatic carbocycles. The van der Waals surface area contributed by atoms with Crippen molar-refractivity contribution in [2.45, 2.75) is 13.0 Å². The van der Waals surface area contributed by atoms with Gasteiger partial charge in [-0.15, -0.1) is 0 Å². The lowest BCUT2D eigenvalue weighted by Crippen LogP contribution is -2.23. The van der Waals surface area contributed by atoms with Crippen molar-refractivity contribution in [1.82, 2.24) is 14.9 Å². The fourth-order valence-electron chi connectivity index (χ4n) is 2.61. The smallest absolute Gasteiger partial charge is 0.274 e. The van der Waals surface area contributed by atoms with Gasteiger partial charge < -0.3 is 15.2 Å². The molecule has 7 heteroatoms. The van der Waals surface area contributed by atoms with Crippen LogP contribution in [0, 0.1) is 10.1 Å². The Morgan fingerprint density at radius 1 is 1.24 bits per heavy atom. The Kier molecular flexibility index (Phi) is 5.26. The predicted molar refractivity (Wildman–Crippen MR) is 97.5 cm³/mol. The molecule has 0 atom stereocenters. The van der Waals surface area contributed by atoms with Crippen LogP contribution in [0.3, 0.4) is 0 Å². The first-order valence-corrected chi connectivity index (χ1v) is 8.02. The largest absolute Gasteiger partial charge is 0.366 e. The minimum absolute atomic E-state index is 0.368. The lowest BCUT2D eigenvalue weighted by molar-refractivity contribution is -0.403. The molecule has 7 nitrogen and oxygen atoms in total. The fourth-order valence-corrected chi connectivity index (χ4v) is 2.61. The van der Waals surface area contributed by atoms with Crippen molar-refractivity contribution in [3.05, 3.63) is 83.3 Å². The van der Waals surface area contributed by atoms with E-state index >= 15 is 0 Å². The molecule has 1 heterocycles. The fraction of sp³-hybridized carbons (Fsp3) is 0.167. The summed E-state index contributed by atoms with van der Waals surface area (Å²) in [5.74, 6) is 0.368. The Morgan fingerprint density at radius 2 is 2.08 bits per heavy atom. The average Bonchev–Trinajstić information content (AvgIpc) is 3.12. The SMILES string of the molecule is O=[N+]([O-])/C=C(\NCCCn1ccnc1)Nc1cccc2ccccc12. The number of fused-ring (bicyclic) bond motifs is 1. The molecular formula is C18H19N5O2. The predicted octanol–water partition coefficient (Wildman–Crippen LogP) is 3.20. The maximum atomic E-state index is 10.9. The van der Waals surface area contributed by atoms with E-state index < -0.39 is 4.92 Å². The molecule has 128 valence electrons. The average molecular weight is 337 g/mol. The van der Waals surface area contributed by atoms with E-state index in [0.29, 0.717) is 12.4 Å². The van der Waals surface area contributed by atoms with Crippen LogP contribution in [-0.4, -0.2) is 21.0 Å². The molecule has 0 amide bonds. The number of anilines is 1. The van der Waals surface area contributed by atoms with Crippen LogP contribution in [0.5, 0.6) is 0 Å². The van der Waals surface area contributed by atoms with Gasteiger partial charge in [0.25, 0.3) is 6.20 Å². The van der Waals surface area contributed by atoms with Crippen LogP contribution in [0.2, 0.25) is 0 Å². The molecule has 0 saturated carbocycles. The maximum absolute atomic E-state index is 10.9. The van der Waals surface area contributed by atoms with Gasteiger partial charge in [0.2, 0.25) is 0 Å². The normalized spacial score (nSPS) is 11.4. The first kappa shape index (κ1) is 16.5. The van der Waals surface area contributed by atoms with Crippen molar-refractivity contribution >= 4 is 16.5 Å². The van der Waals surface area contributed by atoms with Crippen molar-refractivity contribution in [2.75, 3.05) is 11.9 Å². The zero-order valence-electron chi connectivity index (χ0n) is 13.6. The summed E-state index contributed by atoms with van der Waals surface area (Å²) in [5.41, 5.74) is 0.827. The zero-order valence-corrected chi connectivity index (χ0v) is 13.6. The first-order chi connectivity index (χ1) is 12.2. The Morgan fingerprint density at radius 3 is 2.88 bits per heavy atom. The molecule has 2 aromatic carbocycles. The monoisotopic (exact) mass is 337 g/mol.